The summed E-state index contributed by atoms with van der Waals surface area (Å²) in [6.45, 7) is 2.97. The van der Waals surface area contributed by atoms with Crippen LogP contribution in [-0.4, -0.2) is 6.54 Å². The van der Waals surface area contributed by atoms with Crippen molar-refractivity contribution in [2.75, 3.05) is 6.54 Å². The lowest BCUT2D eigenvalue weighted by Crippen LogP contribution is -2.25. The second kappa shape index (κ2) is 7.30. The minimum Gasteiger partial charge on any atom is -0.310 e. The first-order valence-corrected chi connectivity index (χ1v) is 7.87. The average molecular weight is 299 g/mol. The van der Waals surface area contributed by atoms with Gasteiger partial charge in [0.2, 0.25) is 0 Å². The largest absolute Gasteiger partial charge is 0.416 e. The van der Waals surface area contributed by atoms with Gasteiger partial charge in [-0.1, -0.05) is 37.8 Å². The summed E-state index contributed by atoms with van der Waals surface area (Å²) in [6.07, 6.45) is 3.58. The Morgan fingerprint density at radius 3 is 2.14 bits per heavy atom. The van der Waals surface area contributed by atoms with Gasteiger partial charge in [0.15, 0.2) is 0 Å². The highest BCUT2D eigenvalue weighted by Gasteiger charge is 2.30. The van der Waals surface area contributed by atoms with Crippen molar-refractivity contribution < 1.29 is 13.2 Å². The smallest absolute Gasteiger partial charge is 0.310 e. The molecule has 0 aliphatic heterocycles. The maximum Gasteiger partial charge on any atom is 0.416 e. The van der Waals surface area contributed by atoms with Gasteiger partial charge in [0.25, 0.3) is 0 Å². The van der Waals surface area contributed by atoms with Crippen LogP contribution in [0.4, 0.5) is 13.2 Å². The standard InChI is InChI=1S/C17H24F3N/c1-13(21-12-14-6-4-2-3-5-7-14)15-8-10-16(11-9-15)17(18,19)20/h8-11,13-14,21H,2-7,12H2,1H3. The molecule has 0 bridgehead atoms. The molecule has 4 heteroatoms. The van der Waals surface area contributed by atoms with Crippen LogP contribution in [-0.2, 0) is 6.18 Å². The second-order valence-electron chi connectivity index (χ2n) is 6.11. The molecule has 1 aliphatic rings. The zero-order valence-electron chi connectivity index (χ0n) is 12.5. The second-order valence-corrected chi connectivity index (χ2v) is 6.11. The first-order chi connectivity index (χ1) is 9.97. The summed E-state index contributed by atoms with van der Waals surface area (Å²) >= 11 is 0. The van der Waals surface area contributed by atoms with Crippen molar-refractivity contribution in [1.29, 1.82) is 0 Å². The molecule has 1 N–H and O–H groups in total. The van der Waals surface area contributed by atoms with Gasteiger partial charge in [-0.2, -0.15) is 13.2 Å². The van der Waals surface area contributed by atoms with Crippen LogP contribution < -0.4 is 5.32 Å². The fourth-order valence-electron chi connectivity index (χ4n) is 2.99. The van der Waals surface area contributed by atoms with Crippen molar-refractivity contribution in [2.24, 2.45) is 5.92 Å². The highest BCUT2D eigenvalue weighted by atomic mass is 19.4. The van der Waals surface area contributed by atoms with Gasteiger partial charge in [-0.3, -0.25) is 0 Å². The van der Waals surface area contributed by atoms with E-state index in [0.29, 0.717) is 5.92 Å². The molecule has 118 valence electrons. The van der Waals surface area contributed by atoms with E-state index in [9.17, 15) is 13.2 Å². The van der Waals surface area contributed by atoms with Crippen LogP contribution >= 0.6 is 0 Å². The lowest BCUT2D eigenvalue weighted by molar-refractivity contribution is -0.137. The molecule has 0 spiro atoms. The SMILES string of the molecule is CC(NCC1CCCCCC1)c1ccc(C(F)(F)F)cc1. The quantitative estimate of drug-likeness (QED) is 0.741. The van der Waals surface area contributed by atoms with Gasteiger partial charge in [-0.05, 0) is 49.9 Å². The zero-order valence-corrected chi connectivity index (χ0v) is 12.5. The Morgan fingerprint density at radius 2 is 1.62 bits per heavy atom. The molecule has 1 saturated carbocycles. The third-order valence-corrected chi connectivity index (χ3v) is 4.43. The summed E-state index contributed by atoms with van der Waals surface area (Å²) in [5, 5.41) is 3.47. The molecule has 1 fully saturated rings. The third-order valence-electron chi connectivity index (χ3n) is 4.43. The molecule has 0 aromatic heterocycles. The Balaban J connectivity index is 1.86. The molecule has 0 saturated heterocycles. The minimum absolute atomic E-state index is 0.0931. The van der Waals surface area contributed by atoms with Crippen LogP contribution in [0.15, 0.2) is 24.3 Å². The average Bonchev–Trinajstić information content (AvgIpc) is 2.72. The summed E-state index contributed by atoms with van der Waals surface area (Å²) in [5.41, 5.74) is 0.332. The first kappa shape index (κ1) is 16.3. The van der Waals surface area contributed by atoms with Gasteiger partial charge in [0.05, 0.1) is 5.56 Å². The van der Waals surface area contributed by atoms with Gasteiger partial charge in [0, 0.05) is 6.04 Å². The Kier molecular flexibility index (Phi) is 5.68. The number of rotatable bonds is 4. The van der Waals surface area contributed by atoms with E-state index < -0.39 is 11.7 Å². The van der Waals surface area contributed by atoms with Crippen LogP contribution in [0.1, 0.15) is 62.6 Å². The number of halogens is 3. The normalized spacial score (nSPS) is 19.2. The van der Waals surface area contributed by atoms with E-state index in [-0.39, 0.29) is 6.04 Å². The molecule has 1 aliphatic carbocycles. The van der Waals surface area contributed by atoms with Gasteiger partial charge in [-0.15, -0.1) is 0 Å². The topological polar surface area (TPSA) is 12.0 Å². The molecule has 2 rings (SSSR count). The van der Waals surface area contributed by atoms with Gasteiger partial charge in [0.1, 0.15) is 0 Å². The highest BCUT2D eigenvalue weighted by molar-refractivity contribution is 5.26. The van der Waals surface area contributed by atoms with Crippen molar-refractivity contribution in [3.05, 3.63) is 35.4 Å². The number of alkyl halides is 3. The predicted octanol–water partition coefficient (Wildman–Crippen LogP) is 5.33. The zero-order chi connectivity index (χ0) is 15.3. The predicted molar refractivity (Wildman–Crippen MR) is 79.1 cm³/mol. The van der Waals surface area contributed by atoms with E-state index >= 15 is 0 Å². The molecule has 0 amide bonds. The van der Waals surface area contributed by atoms with Crippen molar-refractivity contribution >= 4 is 0 Å². The van der Waals surface area contributed by atoms with Crippen LogP contribution in [0.3, 0.4) is 0 Å². The number of hydrogen-bond donors (Lipinski definition) is 1. The molecule has 1 aromatic rings. The summed E-state index contributed by atoms with van der Waals surface area (Å²) in [5.74, 6) is 0.712. The van der Waals surface area contributed by atoms with Crippen LogP contribution in [0, 0.1) is 5.92 Å². The molecule has 1 nitrogen and oxygen atoms in total. The highest BCUT2D eigenvalue weighted by Crippen LogP contribution is 2.30. The summed E-state index contributed by atoms with van der Waals surface area (Å²) in [6, 6.07) is 5.58. The van der Waals surface area contributed by atoms with Crippen molar-refractivity contribution in [3.8, 4) is 0 Å². The Bertz CT molecular complexity index is 417. The molecule has 1 atom stereocenters. The molecule has 1 aromatic carbocycles. The van der Waals surface area contributed by atoms with E-state index in [1.165, 1.54) is 50.7 Å². The van der Waals surface area contributed by atoms with Gasteiger partial charge < -0.3 is 5.32 Å². The molecule has 1 unspecified atom stereocenters. The van der Waals surface area contributed by atoms with Crippen molar-refractivity contribution in [3.63, 3.8) is 0 Å². The summed E-state index contributed by atoms with van der Waals surface area (Å²) in [4.78, 5) is 0. The van der Waals surface area contributed by atoms with Crippen LogP contribution in [0.25, 0.3) is 0 Å². The minimum atomic E-state index is -4.25. The fraction of sp³-hybridized carbons (Fsp3) is 0.647. The van der Waals surface area contributed by atoms with E-state index in [1.54, 1.807) is 12.1 Å². The molecule has 21 heavy (non-hydrogen) atoms. The van der Waals surface area contributed by atoms with Gasteiger partial charge >= 0.3 is 6.18 Å². The molecule has 0 radical (unpaired) electrons. The lowest BCUT2D eigenvalue weighted by Gasteiger charge is -2.20. The summed E-state index contributed by atoms with van der Waals surface area (Å²) < 4.78 is 37.6. The summed E-state index contributed by atoms with van der Waals surface area (Å²) in [7, 11) is 0. The first-order valence-electron chi connectivity index (χ1n) is 7.87. The third kappa shape index (κ3) is 5.03. The maximum atomic E-state index is 12.5. The van der Waals surface area contributed by atoms with Crippen molar-refractivity contribution in [2.45, 2.75) is 57.7 Å². The lowest BCUT2D eigenvalue weighted by atomic mass is 9.99. The van der Waals surface area contributed by atoms with E-state index in [4.69, 9.17) is 0 Å². The molecular formula is C17H24F3N. The fourth-order valence-corrected chi connectivity index (χ4v) is 2.99. The number of hydrogen-bond acceptors (Lipinski definition) is 1. The van der Waals surface area contributed by atoms with Gasteiger partial charge in [-0.25, -0.2) is 0 Å². The van der Waals surface area contributed by atoms with E-state index in [0.717, 1.165) is 12.1 Å². The van der Waals surface area contributed by atoms with Crippen LogP contribution in [0.2, 0.25) is 0 Å². The number of nitrogens with one attached hydrogen (secondary N) is 1. The Morgan fingerprint density at radius 1 is 1.05 bits per heavy atom. The number of benzene rings is 1. The van der Waals surface area contributed by atoms with E-state index in [1.807, 2.05) is 6.92 Å². The van der Waals surface area contributed by atoms with Crippen LogP contribution in [0.5, 0.6) is 0 Å². The molecular weight excluding hydrogens is 275 g/mol. The van der Waals surface area contributed by atoms with E-state index in [2.05, 4.69) is 5.32 Å². The Hall–Kier alpha value is -1.03. The Labute approximate surface area is 124 Å². The van der Waals surface area contributed by atoms with Crippen molar-refractivity contribution in [1.82, 2.24) is 5.32 Å². The maximum absolute atomic E-state index is 12.5. The molecule has 0 heterocycles. The monoisotopic (exact) mass is 299 g/mol.